The van der Waals surface area contributed by atoms with E-state index < -0.39 is 0 Å². The van der Waals surface area contributed by atoms with Gasteiger partial charge in [-0.1, -0.05) is 43.3 Å². The van der Waals surface area contributed by atoms with Crippen molar-refractivity contribution in [2.75, 3.05) is 6.54 Å². The van der Waals surface area contributed by atoms with Gasteiger partial charge in [-0.2, -0.15) is 5.10 Å². The highest BCUT2D eigenvalue weighted by molar-refractivity contribution is 5.89. The molecule has 0 amide bonds. The van der Waals surface area contributed by atoms with Crippen molar-refractivity contribution in [2.24, 2.45) is 0 Å². The van der Waals surface area contributed by atoms with E-state index in [1.807, 2.05) is 10.9 Å². The fraction of sp³-hybridized carbons (Fsp3) is 0.235. The zero-order valence-electron chi connectivity index (χ0n) is 11.7. The molecule has 0 unspecified atom stereocenters. The normalized spacial score (nSPS) is 11.1. The molecule has 3 rings (SSSR count). The Labute approximate surface area is 119 Å². The third-order valence-electron chi connectivity index (χ3n) is 3.39. The third kappa shape index (κ3) is 2.58. The highest BCUT2D eigenvalue weighted by Gasteiger charge is 2.04. The highest BCUT2D eigenvalue weighted by Crippen LogP contribution is 2.21. The topological polar surface area (TPSA) is 29.9 Å². The SMILES string of the molecule is CCCNCc1ccn(-c2cccc3ccccc23)n1. The van der Waals surface area contributed by atoms with Crippen molar-refractivity contribution in [3.05, 3.63) is 60.4 Å². The van der Waals surface area contributed by atoms with Crippen LogP contribution in [0.15, 0.2) is 54.7 Å². The van der Waals surface area contributed by atoms with Crippen LogP contribution in [0.2, 0.25) is 0 Å². The molecule has 1 heterocycles. The van der Waals surface area contributed by atoms with Gasteiger partial charge >= 0.3 is 0 Å². The van der Waals surface area contributed by atoms with Crippen molar-refractivity contribution < 1.29 is 0 Å². The minimum atomic E-state index is 0.825. The van der Waals surface area contributed by atoms with E-state index in [2.05, 4.69) is 65.9 Å². The molecule has 102 valence electrons. The Bertz CT molecular complexity index is 695. The van der Waals surface area contributed by atoms with Gasteiger partial charge in [0, 0.05) is 18.1 Å². The maximum Gasteiger partial charge on any atom is 0.0766 e. The summed E-state index contributed by atoms with van der Waals surface area (Å²) in [6.45, 7) is 4.02. The number of nitrogens with one attached hydrogen (secondary N) is 1. The molecular formula is C17H19N3. The van der Waals surface area contributed by atoms with E-state index in [0.29, 0.717) is 0 Å². The molecule has 3 aromatic rings. The molecule has 0 aliphatic heterocycles. The van der Waals surface area contributed by atoms with Gasteiger partial charge in [0.25, 0.3) is 0 Å². The van der Waals surface area contributed by atoms with E-state index in [1.165, 1.54) is 10.8 Å². The molecule has 0 aliphatic carbocycles. The van der Waals surface area contributed by atoms with Gasteiger partial charge in [-0.25, -0.2) is 4.68 Å². The largest absolute Gasteiger partial charge is 0.311 e. The second kappa shape index (κ2) is 5.88. The van der Waals surface area contributed by atoms with Gasteiger partial charge in [0.15, 0.2) is 0 Å². The molecule has 0 fully saturated rings. The minimum Gasteiger partial charge on any atom is -0.311 e. The van der Waals surface area contributed by atoms with E-state index in [-0.39, 0.29) is 0 Å². The predicted molar refractivity (Wildman–Crippen MR) is 83.1 cm³/mol. The molecule has 20 heavy (non-hydrogen) atoms. The molecule has 1 aromatic heterocycles. The molecule has 0 saturated heterocycles. The lowest BCUT2D eigenvalue weighted by Gasteiger charge is -2.06. The van der Waals surface area contributed by atoms with Crippen molar-refractivity contribution in [1.82, 2.24) is 15.1 Å². The van der Waals surface area contributed by atoms with Crippen molar-refractivity contribution in [1.29, 1.82) is 0 Å². The molecule has 0 spiro atoms. The van der Waals surface area contributed by atoms with Gasteiger partial charge in [0.05, 0.1) is 11.4 Å². The number of rotatable bonds is 5. The van der Waals surface area contributed by atoms with Gasteiger partial charge in [-0.15, -0.1) is 0 Å². The van der Waals surface area contributed by atoms with Gasteiger partial charge < -0.3 is 5.32 Å². The molecule has 0 saturated carbocycles. The van der Waals surface area contributed by atoms with Crippen LogP contribution in [0.5, 0.6) is 0 Å². The Morgan fingerprint density at radius 1 is 1.05 bits per heavy atom. The highest BCUT2D eigenvalue weighted by atomic mass is 15.3. The Morgan fingerprint density at radius 3 is 2.80 bits per heavy atom. The number of hydrogen-bond donors (Lipinski definition) is 1. The molecule has 0 aliphatic rings. The van der Waals surface area contributed by atoms with Crippen molar-refractivity contribution in [2.45, 2.75) is 19.9 Å². The van der Waals surface area contributed by atoms with Crippen molar-refractivity contribution >= 4 is 10.8 Å². The quantitative estimate of drug-likeness (QED) is 0.715. The van der Waals surface area contributed by atoms with Crippen LogP contribution in [0.3, 0.4) is 0 Å². The minimum absolute atomic E-state index is 0.825. The lowest BCUT2D eigenvalue weighted by atomic mass is 10.1. The summed E-state index contributed by atoms with van der Waals surface area (Å²) in [6, 6.07) is 16.8. The number of aromatic nitrogens is 2. The van der Waals surface area contributed by atoms with Crippen LogP contribution in [0.25, 0.3) is 16.5 Å². The molecule has 2 aromatic carbocycles. The number of nitrogens with zero attached hydrogens (tertiary/aromatic N) is 2. The first-order chi connectivity index (χ1) is 9.88. The van der Waals surface area contributed by atoms with Gasteiger partial charge in [0.1, 0.15) is 0 Å². The van der Waals surface area contributed by atoms with Crippen molar-refractivity contribution in [3.8, 4) is 5.69 Å². The van der Waals surface area contributed by atoms with E-state index in [4.69, 9.17) is 0 Å². The maximum atomic E-state index is 4.66. The average molecular weight is 265 g/mol. The fourth-order valence-electron chi connectivity index (χ4n) is 2.39. The molecule has 0 bridgehead atoms. The zero-order chi connectivity index (χ0) is 13.8. The second-order valence-corrected chi connectivity index (χ2v) is 4.93. The Hall–Kier alpha value is -2.13. The van der Waals surface area contributed by atoms with Crippen LogP contribution in [0, 0.1) is 0 Å². The third-order valence-corrected chi connectivity index (χ3v) is 3.39. The average Bonchev–Trinajstić information content (AvgIpc) is 2.96. The number of fused-ring (bicyclic) bond motifs is 1. The summed E-state index contributed by atoms with van der Waals surface area (Å²) in [6.07, 6.45) is 3.18. The van der Waals surface area contributed by atoms with Gasteiger partial charge in [0.2, 0.25) is 0 Å². The molecule has 3 heteroatoms. The lowest BCUT2D eigenvalue weighted by Crippen LogP contribution is -2.14. The van der Waals surface area contributed by atoms with Crippen LogP contribution in [-0.4, -0.2) is 16.3 Å². The van der Waals surface area contributed by atoms with E-state index >= 15 is 0 Å². The predicted octanol–water partition coefficient (Wildman–Crippen LogP) is 3.53. The summed E-state index contributed by atoms with van der Waals surface area (Å²) in [7, 11) is 0. The van der Waals surface area contributed by atoms with E-state index in [0.717, 1.165) is 30.9 Å². The Morgan fingerprint density at radius 2 is 1.90 bits per heavy atom. The van der Waals surface area contributed by atoms with Crippen LogP contribution in [0.1, 0.15) is 19.0 Å². The first-order valence-electron chi connectivity index (χ1n) is 7.12. The van der Waals surface area contributed by atoms with Crippen LogP contribution >= 0.6 is 0 Å². The summed E-state index contributed by atoms with van der Waals surface area (Å²) in [5.74, 6) is 0. The molecule has 1 N–H and O–H groups in total. The van der Waals surface area contributed by atoms with Gasteiger partial charge in [-0.05, 0) is 30.5 Å². The summed E-state index contributed by atoms with van der Waals surface area (Å²) < 4.78 is 1.96. The molecule has 3 nitrogen and oxygen atoms in total. The lowest BCUT2D eigenvalue weighted by molar-refractivity contribution is 0.657. The second-order valence-electron chi connectivity index (χ2n) is 4.93. The molecule has 0 radical (unpaired) electrons. The van der Waals surface area contributed by atoms with Crippen molar-refractivity contribution in [3.63, 3.8) is 0 Å². The smallest absolute Gasteiger partial charge is 0.0766 e. The van der Waals surface area contributed by atoms with E-state index in [9.17, 15) is 0 Å². The summed E-state index contributed by atoms with van der Waals surface area (Å²) in [5.41, 5.74) is 2.20. The van der Waals surface area contributed by atoms with Gasteiger partial charge in [-0.3, -0.25) is 0 Å². The standard InChI is InChI=1S/C17H19N3/c1-2-11-18-13-15-10-12-20(19-15)17-9-5-7-14-6-3-4-8-16(14)17/h3-10,12,18H,2,11,13H2,1H3. The summed E-state index contributed by atoms with van der Waals surface area (Å²) >= 11 is 0. The molecule has 0 atom stereocenters. The monoisotopic (exact) mass is 265 g/mol. The maximum absolute atomic E-state index is 4.66. The Balaban J connectivity index is 1.91. The Kier molecular flexibility index (Phi) is 3.79. The van der Waals surface area contributed by atoms with Crippen LogP contribution in [0.4, 0.5) is 0 Å². The first kappa shape index (κ1) is 12.9. The number of benzene rings is 2. The van der Waals surface area contributed by atoms with E-state index in [1.54, 1.807) is 0 Å². The molecular weight excluding hydrogens is 246 g/mol. The zero-order valence-corrected chi connectivity index (χ0v) is 11.7. The fourth-order valence-corrected chi connectivity index (χ4v) is 2.39. The summed E-state index contributed by atoms with van der Waals surface area (Å²) in [4.78, 5) is 0. The van der Waals surface area contributed by atoms with Crippen LogP contribution in [-0.2, 0) is 6.54 Å². The summed E-state index contributed by atoms with van der Waals surface area (Å²) in [5, 5.41) is 10.5. The number of hydrogen-bond acceptors (Lipinski definition) is 2. The van der Waals surface area contributed by atoms with Crippen LogP contribution < -0.4 is 5.32 Å². The first-order valence-corrected chi connectivity index (χ1v) is 7.12.